The van der Waals surface area contributed by atoms with E-state index < -0.39 is 42.0 Å². The molecule has 1 heterocycles. The molecule has 13 N–H and O–H groups in total. The lowest BCUT2D eigenvalue weighted by Crippen LogP contribution is -2.57. The second kappa shape index (κ2) is 15.5. The van der Waals surface area contributed by atoms with E-state index in [0.29, 0.717) is 45.2 Å². The van der Waals surface area contributed by atoms with Crippen molar-refractivity contribution >= 4 is 35.6 Å². The van der Waals surface area contributed by atoms with Gasteiger partial charge in [-0.3, -0.25) is 24.4 Å². The van der Waals surface area contributed by atoms with Gasteiger partial charge in [-0.25, -0.2) is 4.79 Å². The van der Waals surface area contributed by atoms with Crippen LogP contribution in [0.2, 0.25) is 0 Å². The van der Waals surface area contributed by atoms with Crippen molar-refractivity contribution in [2.75, 3.05) is 19.6 Å². The zero-order valence-corrected chi connectivity index (χ0v) is 21.6. The number of guanidine groups is 2. The summed E-state index contributed by atoms with van der Waals surface area (Å²) in [5.74, 6) is -3.25. The minimum atomic E-state index is -1.18. The molecule has 0 aromatic rings. The molecule has 0 bridgehead atoms. The van der Waals surface area contributed by atoms with E-state index in [-0.39, 0.29) is 36.7 Å². The molecule has 15 nitrogen and oxygen atoms in total. The van der Waals surface area contributed by atoms with E-state index in [0.717, 1.165) is 0 Å². The van der Waals surface area contributed by atoms with Crippen molar-refractivity contribution in [2.24, 2.45) is 44.6 Å². The molecule has 0 saturated carbocycles. The van der Waals surface area contributed by atoms with Crippen LogP contribution in [0, 0.1) is 5.92 Å². The van der Waals surface area contributed by atoms with Gasteiger partial charge in [0.05, 0.1) is 6.04 Å². The number of hydrogen-bond donors (Lipinski definition) is 8. The van der Waals surface area contributed by atoms with E-state index in [1.54, 1.807) is 13.8 Å². The number of hydrogen-bond acceptors (Lipinski definition) is 7. The van der Waals surface area contributed by atoms with E-state index >= 15 is 0 Å². The number of carboxylic acid groups (broad SMARTS) is 1. The monoisotopic (exact) mass is 526 g/mol. The summed E-state index contributed by atoms with van der Waals surface area (Å²) < 4.78 is 0. The average molecular weight is 527 g/mol. The number of nitrogens with two attached hydrogens (primary N) is 5. The minimum Gasteiger partial charge on any atom is -0.480 e. The Labute approximate surface area is 216 Å². The van der Waals surface area contributed by atoms with Gasteiger partial charge in [-0.15, -0.1) is 0 Å². The molecule has 15 heteroatoms. The lowest BCUT2D eigenvalue weighted by molar-refractivity contribution is -0.144. The quantitative estimate of drug-likeness (QED) is 0.0613. The maximum absolute atomic E-state index is 13.2. The van der Waals surface area contributed by atoms with Crippen LogP contribution in [0.5, 0.6) is 0 Å². The largest absolute Gasteiger partial charge is 0.480 e. The highest BCUT2D eigenvalue weighted by Gasteiger charge is 2.38. The number of aliphatic imine (C=N–C) groups is 2. The molecule has 1 aliphatic heterocycles. The number of carbonyl (C=O) groups excluding carboxylic acids is 3. The third-order valence-corrected chi connectivity index (χ3v) is 5.93. The SMILES string of the molecule is CC(C)C(NC(=O)C(CCCN=C(N)N)NC(=O)C1CCCN1C(=O)C(N)CCCN=C(N)N)C(=O)O. The fourth-order valence-corrected chi connectivity index (χ4v) is 3.97. The highest BCUT2D eigenvalue weighted by Crippen LogP contribution is 2.20. The Bertz CT molecular complexity index is 855. The van der Waals surface area contributed by atoms with Gasteiger partial charge in [0, 0.05) is 19.6 Å². The molecule has 0 spiro atoms. The van der Waals surface area contributed by atoms with Crippen molar-refractivity contribution < 1.29 is 24.3 Å². The predicted octanol–water partition coefficient (Wildman–Crippen LogP) is -2.88. The van der Waals surface area contributed by atoms with Gasteiger partial charge in [0.2, 0.25) is 17.7 Å². The Hall–Kier alpha value is -3.62. The lowest BCUT2D eigenvalue weighted by atomic mass is 10.0. The van der Waals surface area contributed by atoms with E-state index in [1.165, 1.54) is 4.90 Å². The number of aliphatic carboxylic acids is 1. The van der Waals surface area contributed by atoms with Crippen LogP contribution in [-0.4, -0.2) is 89.4 Å². The minimum absolute atomic E-state index is 0.0452. The summed E-state index contributed by atoms with van der Waals surface area (Å²) in [7, 11) is 0. The van der Waals surface area contributed by atoms with E-state index in [9.17, 15) is 24.3 Å². The number of carbonyl (C=O) groups is 4. The molecule has 210 valence electrons. The zero-order valence-electron chi connectivity index (χ0n) is 21.6. The first-order valence-corrected chi connectivity index (χ1v) is 12.4. The van der Waals surface area contributed by atoms with E-state index in [4.69, 9.17) is 28.7 Å². The van der Waals surface area contributed by atoms with Crippen molar-refractivity contribution in [1.29, 1.82) is 0 Å². The highest BCUT2D eigenvalue weighted by molar-refractivity contribution is 5.94. The zero-order chi connectivity index (χ0) is 28.1. The summed E-state index contributed by atoms with van der Waals surface area (Å²) in [6.07, 6.45) is 2.34. The summed E-state index contributed by atoms with van der Waals surface area (Å²) >= 11 is 0. The van der Waals surface area contributed by atoms with Gasteiger partial charge < -0.3 is 49.3 Å². The standard InChI is InChI=1S/C22H42N10O5/c1-12(2)16(20(36)37)31-17(33)14(7-4-10-29-22(26)27)30-18(34)15-8-5-11-32(15)19(35)13(23)6-3-9-28-21(24)25/h12-16H,3-11,23H2,1-2H3,(H,30,34)(H,31,33)(H,36,37)(H4,24,25,28)(H4,26,27,29). The van der Waals surface area contributed by atoms with Crippen molar-refractivity contribution in [1.82, 2.24) is 15.5 Å². The van der Waals surface area contributed by atoms with Crippen LogP contribution in [0.3, 0.4) is 0 Å². The first kappa shape index (κ1) is 31.4. The van der Waals surface area contributed by atoms with Crippen LogP contribution in [0.4, 0.5) is 0 Å². The van der Waals surface area contributed by atoms with E-state index in [2.05, 4.69) is 20.6 Å². The molecule has 37 heavy (non-hydrogen) atoms. The number of likely N-dealkylation sites (tertiary alicyclic amines) is 1. The second-order valence-electron chi connectivity index (χ2n) is 9.32. The van der Waals surface area contributed by atoms with Gasteiger partial charge in [-0.1, -0.05) is 13.8 Å². The van der Waals surface area contributed by atoms with Crippen LogP contribution in [0.15, 0.2) is 9.98 Å². The fourth-order valence-electron chi connectivity index (χ4n) is 3.97. The molecule has 1 saturated heterocycles. The maximum Gasteiger partial charge on any atom is 0.326 e. The Morgan fingerprint density at radius 2 is 1.54 bits per heavy atom. The molecule has 4 atom stereocenters. The lowest BCUT2D eigenvalue weighted by Gasteiger charge is -2.29. The number of nitrogens with one attached hydrogen (secondary N) is 2. The Morgan fingerprint density at radius 3 is 2.05 bits per heavy atom. The molecule has 0 aliphatic carbocycles. The van der Waals surface area contributed by atoms with Crippen LogP contribution < -0.4 is 39.3 Å². The second-order valence-corrected chi connectivity index (χ2v) is 9.32. The molecule has 0 radical (unpaired) electrons. The average Bonchev–Trinajstić information content (AvgIpc) is 3.30. The number of amides is 3. The van der Waals surface area contributed by atoms with Crippen molar-refractivity contribution in [3.05, 3.63) is 0 Å². The van der Waals surface area contributed by atoms with E-state index in [1.807, 2.05) is 0 Å². The van der Waals surface area contributed by atoms with Crippen molar-refractivity contribution in [2.45, 2.75) is 76.5 Å². The first-order chi connectivity index (χ1) is 17.3. The topological polar surface area (TPSA) is 271 Å². The molecule has 1 aliphatic rings. The van der Waals surface area contributed by atoms with Crippen LogP contribution in [0.1, 0.15) is 52.4 Å². The number of rotatable bonds is 15. The third kappa shape index (κ3) is 10.9. The van der Waals surface area contributed by atoms with Gasteiger partial charge in [0.15, 0.2) is 11.9 Å². The first-order valence-electron chi connectivity index (χ1n) is 12.4. The van der Waals surface area contributed by atoms with Gasteiger partial charge in [-0.2, -0.15) is 0 Å². The summed E-state index contributed by atoms with van der Waals surface area (Å²) in [6, 6.07) is -3.81. The van der Waals surface area contributed by atoms with Gasteiger partial charge >= 0.3 is 5.97 Å². The summed E-state index contributed by atoms with van der Waals surface area (Å²) in [4.78, 5) is 59.8. The Kier molecular flexibility index (Phi) is 13.1. The van der Waals surface area contributed by atoms with Gasteiger partial charge in [0.1, 0.15) is 18.1 Å². The third-order valence-electron chi connectivity index (χ3n) is 5.93. The summed E-state index contributed by atoms with van der Waals surface area (Å²) in [6.45, 7) is 4.23. The molecular formula is C22H42N10O5. The smallest absolute Gasteiger partial charge is 0.326 e. The number of nitrogens with zero attached hydrogens (tertiary/aromatic N) is 3. The predicted molar refractivity (Wildman–Crippen MR) is 139 cm³/mol. The van der Waals surface area contributed by atoms with Crippen LogP contribution in [-0.2, 0) is 19.2 Å². The Morgan fingerprint density at radius 1 is 0.973 bits per heavy atom. The van der Waals surface area contributed by atoms with Gasteiger partial charge in [0.25, 0.3) is 0 Å². The summed E-state index contributed by atoms with van der Waals surface area (Å²) in [5.41, 5.74) is 27.3. The summed E-state index contributed by atoms with van der Waals surface area (Å²) in [5, 5.41) is 14.6. The molecular weight excluding hydrogens is 484 g/mol. The van der Waals surface area contributed by atoms with Crippen molar-refractivity contribution in [3.63, 3.8) is 0 Å². The Balaban J connectivity index is 2.90. The molecule has 1 fully saturated rings. The molecule has 1 rings (SSSR count). The van der Waals surface area contributed by atoms with Crippen molar-refractivity contribution in [3.8, 4) is 0 Å². The maximum atomic E-state index is 13.2. The fraction of sp³-hybridized carbons (Fsp3) is 0.727. The van der Waals surface area contributed by atoms with Crippen LogP contribution >= 0.6 is 0 Å². The molecule has 4 unspecified atom stereocenters. The number of carboxylic acids is 1. The van der Waals surface area contributed by atoms with Crippen LogP contribution in [0.25, 0.3) is 0 Å². The molecule has 0 aromatic heterocycles. The molecule has 3 amide bonds. The molecule has 0 aromatic carbocycles. The highest BCUT2D eigenvalue weighted by atomic mass is 16.4. The van der Waals surface area contributed by atoms with Gasteiger partial charge in [-0.05, 0) is 44.4 Å². The normalized spacial score (nSPS) is 17.4.